The molecule has 1 heterocycles. The zero-order valence-corrected chi connectivity index (χ0v) is 20.2. The molecule has 0 saturated heterocycles. The normalized spacial score (nSPS) is 20.9. The number of amides is 3. The molecule has 1 aromatic carbocycles. The molecule has 10 heteroatoms. The maximum Gasteiger partial charge on any atom is 0.407 e. The highest BCUT2D eigenvalue weighted by molar-refractivity contribution is 6.31. The highest BCUT2D eigenvalue weighted by atomic mass is 35.5. The van der Waals surface area contributed by atoms with E-state index in [1.165, 1.54) is 17.0 Å². The topological polar surface area (TPSA) is 104 Å². The SMILES string of the molecule is CN(C)C(=O)[C@H]1CC[C@H](NC(=O)c2cc3c(F)cc(Cl)cc3[nH]2)[C@H](NC(=O)OC(C)(C)C)C1. The summed E-state index contributed by atoms with van der Waals surface area (Å²) in [5.74, 6) is -1.28. The van der Waals surface area contributed by atoms with Crippen molar-refractivity contribution in [3.8, 4) is 0 Å². The van der Waals surface area contributed by atoms with Gasteiger partial charge in [-0.15, -0.1) is 0 Å². The van der Waals surface area contributed by atoms with E-state index in [2.05, 4.69) is 15.6 Å². The Kier molecular flexibility index (Phi) is 7.21. The van der Waals surface area contributed by atoms with Crippen LogP contribution in [-0.2, 0) is 9.53 Å². The van der Waals surface area contributed by atoms with Crippen LogP contribution in [0.1, 0.15) is 50.5 Å². The summed E-state index contributed by atoms with van der Waals surface area (Å²) in [5, 5.41) is 6.21. The van der Waals surface area contributed by atoms with Gasteiger partial charge in [0.1, 0.15) is 17.1 Å². The van der Waals surface area contributed by atoms with E-state index in [0.717, 1.165) is 0 Å². The molecule has 3 rings (SSSR count). The predicted octanol–water partition coefficient (Wildman–Crippen LogP) is 3.84. The molecule has 1 saturated carbocycles. The van der Waals surface area contributed by atoms with Crippen LogP contribution >= 0.6 is 11.6 Å². The molecule has 3 N–H and O–H groups in total. The van der Waals surface area contributed by atoms with Gasteiger partial charge in [-0.1, -0.05) is 11.6 Å². The van der Waals surface area contributed by atoms with Gasteiger partial charge < -0.3 is 25.3 Å². The van der Waals surface area contributed by atoms with Crippen molar-refractivity contribution in [1.82, 2.24) is 20.5 Å². The van der Waals surface area contributed by atoms with Gasteiger partial charge in [0.15, 0.2) is 0 Å². The fourth-order valence-corrected chi connectivity index (χ4v) is 4.28. The van der Waals surface area contributed by atoms with Crippen molar-refractivity contribution in [3.63, 3.8) is 0 Å². The second kappa shape index (κ2) is 9.59. The minimum atomic E-state index is -0.688. The Labute approximate surface area is 197 Å². The third-order valence-corrected chi connectivity index (χ3v) is 5.77. The standard InChI is InChI=1S/C23H30ClFN4O4/c1-23(2,3)33-22(32)28-18-8-12(21(31)29(4)5)6-7-16(18)27-20(30)19-11-14-15(25)9-13(24)10-17(14)26-19/h9-12,16,18,26H,6-8H2,1-5H3,(H,27,30)(H,28,32)/t12-,16-,18+/m0/s1. The number of carbonyl (C=O) groups is 3. The van der Waals surface area contributed by atoms with E-state index in [9.17, 15) is 18.8 Å². The Balaban J connectivity index is 1.78. The quantitative estimate of drug-likeness (QED) is 0.618. The van der Waals surface area contributed by atoms with Crippen LogP contribution in [0.4, 0.5) is 9.18 Å². The molecule has 2 aromatic rings. The Morgan fingerprint density at radius 2 is 1.82 bits per heavy atom. The molecule has 1 aromatic heterocycles. The molecule has 180 valence electrons. The largest absolute Gasteiger partial charge is 0.444 e. The van der Waals surface area contributed by atoms with Crippen molar-refractivity contribution < 1.29 is 23.5 Å². The van der Waals surface area contributed by atoms with Crippen LogP contribution in [0.3, 0.4) is 0 Å². The maximum atomic E-state index is 14.2. The van der Waals surface area contributed by atoms with Crippen molar-refractivity contribution in [3.05, 3.63) is 34.7 Å². The number of nitrogens with one attached hydrogen (secondary N) is 3. The first kappa shape index (κ1) is 24.8. The smallest absolute Gasteiger partial charge is 0.407 e. The summed E-state index contributed by atoms with van der Waals surface area (Å²) >= 11 is 5.90. The van der Waals surface area contributed by atoms with Crippen LogP contribution in [-0.4, -0.2) is 59.6 Å². The van der Waals surface area contributed by atoms with Crippen LogP contribution in [0.25, 0.3) is 10.9 Å². The summed E-state index contributed by atoms with van der Waals surface area (Å²) in [6.07, 6.45) is 0.785. The van der Waals surface area contributed by atoms with E-state index >= 15 is 0 Å². The first-order valence-electron chi connectivity index (χ1n) is 10.8. The fourth-order valence-electron chi connectivity index (χ4n) is 4.08. The first-order valence-corrected chi connectivity index (χ1v) is 11.2. The zero-order chi connectivity index (χ0) is 24.5. The van der Waals surface area contributed by atoms with Gasteiger partial charge in [-0.2, -0.15) is 0 Å². The molecule has 1 aliphatic carbocycles. The van der Waals surface area contributed by atoms with Gasteiger partial charge in [0.05, 0.1) is 11.6 Å². The van der Waals surface area contributed by atoms with E-state index < -0.39 is 35.5 Å². The molecular formula is C23H30ClFN4O4. The summed E-state index contributed by atoms with van der Waals surface area (Å²) in [6, 6.07) is 3.21. The van der Waals surface area contributed by atoms with Crippen LogP contribution in [0.15, 0.2) is 18.2 Å². The Morgan fingerprint density at radius 1 is 1.12 bits per heavy atom. The number of rotatable bonds is 4. The summed E-state index contributed by atoms with van der Waals surface area (Å²) in [7, 11) is 3.38. The van der Waals surface area contributed by atoms with Gasteiger partial charge in [0.25, 0.3) is 5.91 Å². The lowest BCUT2D eigenvalue weighted by Crippen LogP contribution is -2.56. The van der Waals surface area contributed by atoms with Gasteiger partial charge in [0.2, 0.25) is 5.91 Å². The van der Waals surface area contributed by atoms with Crippen molar-refractivity contribution in [1.29, 1.82) is 0 Å². The van der Waals surface area contributed by atoms with E-state index in [1.54, 1.807) is 40.9 Å². The molecule has 3 amide bonds. The van der Waals surface area contributed by atoms with Gasteiger partial charge in [-0.05, 0) is 58.2 Å². The van der Waals surface area contributed by atoms with E-state index in [4.69, 9.17) is 16.3 Å². The van der Waals surface area contributed by atoms with Crippen molar-refractivity contribution >= 4 is 40.4 Å². The highest BCUT2D eigenvalue weighted by Gasteiger charge is 2.37. The fraction of sp³-hybridized carbons (Fsp3) is 0.522. The number of ether oxygens (including phenoxy) is 1. The third kappa shape index (κ3) is 6.16. The lowest BCUT2D eigenvalue weighted by atomic mass is 9.81. The van der Waals surface area contributed by atoms with Crippen LogP contribution < -0.4 is 10.6 Å². The molecule has 1 fully saturated rings. The summed E-state index contributed by atoms with van der Waals surface area (Å²) < 4.78 is 19.5. The van der Waals surface area contributed by atoms with Crippen LogP contribution in [0.5, 0.6) is 0 Å². The number of fused-ring (bicyclic) bond motifs is 1. The first-order chi connectivity index (χ1) is 15.3. The number of hydrogen-bond acceptors (Lipinski definition) is 4. The lowest BCUT2D eigenvalue weighted by molar-refractivity contribution is -0.134. The average molecular weight is 481 g/mol. The number of nitrogens with zero attached hydrogens (tertiary/aromatic N) is 1. The van der Waals surface area contributed by atoms with Gasteiger partial charge in [-0.25, -0.2) is 9.18 Å². The van der Waals surface area contributed by atoms with Gasteiger partial charge >= 0.3 is 6.09 Å². The molecule has 3 atom stereocenters. The zero-order valence-electron chi connectivity index (χ0n) is 19.4. The molecule has 1 aliphatic rings. The number of hydrogen-bond donors (Lipinski definition) is 3. The number of aromatic amines is 1. The molecule has 0 unspecified atom stereocenters. The Hall–Kier alpha value is -2.81. The number of halogens is 2. The Morgan fingerprint density at radius 3 is 2.45 bits per heavy atom. The molecule has 0 radical (unpaired) electrons. The third-order valence-electron chi connectivity index (χ3n) is 5.56. The number of H-pyrrole nitrogens is 1. The maximum absolute atomic E-state index is 14.2. The second-order valence-electron chi connectivity index (χ2n) is 9.61. The van der Waals surface area contributed by atoms with Crippen molar-refractivity contribution in [2.45, 2.75) is 57.7 Å². The van der Waals surface area contributed by atoms with Crippen LogP contribution in [0.2, 0.25) is 5.02 Å². The molecule has 0 aliphatic heterocycles. The van der Waals surface area contributed by atoms with Crippen molar-refractivity contribution in [2.75, 3.05) is 14.1 Å². The number of alkyl carbamates (subject to hydrolysis) is 1. The van der Waals surface area contributed by atoms with Gasteiger partial charge in [0, 0.05) is 36.5 Å². The van der Waals surface area contributed by atoms with E-state index in [0.29, 0.717) is 24.8 Å². The lowest BCUT2D eigenvalue weighted by Gasteiger charge is -2.37. The molecule has 33 heavy (non-hydrogen) atoms. The van der Waals surface area contributed by atoms with Crippen molar-refractivity contribution in [2.24, 2.45) is 5.92 Å². The Bertz CT molecular complexity index is 1060. The number of aromatic nitrogens is 1. The van der Waals surface area contributed by atoms with Gasteiger partial charge in [-0.3, -0.25) is 9.59 Å². The minimum Gasteiger partial charge on any atom is -0.444 e. The second-order valence-corrected chi connectivity index (χ2v) is 10.0. The monoisotopic (exact) mass is 480 g/mol. The molecule has 0 spiro atoms. The molecular weight excluding hydrogens is 451 g/mol. The summed E-state index contributed by atoms with van der Waals surface area (Å²) in [5.41, 5.74) is -0.103. The number of benzene rings is 1. The molecule has 8 nitrogen and oxygen atoms in total. The minimum absolute atomic E-state index is 0.0289. The molecule has 0 bridgehead atoms. The van der Waals surface area contributed by atoms with E-state index in [1.807, 2.05) is 0 Å². The van der Waals surface area contributed by atoms with Crippen LogP contribution in [0, 0.1) is 11.7 Å². The highest BCUT2D eigenvalue weighted by Crippen LogP contribution is 2.28. The summed E-state index contributed by atoms with van der Waals surface area (Å²) in [4.78, 5) is 42.3. The van der Waals surface area contributed by atoms with E-state index in [-0.39, 0.29) is 27.9 Å². The predicted molar refractivity (Wildman–Crippen MR) is 124 cm³/mol. The average Bonchev–Trinajstić information content (AvgIpc) is 3.11. The number of carbonyl (C=O) groups excluding carboxylic acids is 3. The summed E-state index contributed by atoms with van der Waals surface area (Å²) in [6.45, 7) is 5.27.